The lowest BCUT2D eigenvalue weighted by Crippen LogP contribution is -2.40. The van der Waals surface area contributed by atoms with E-state index >= 15 is 0 Å². The van der Waals surface area contributed by atoms with Crippen LogP contribution >= 0.6 is 24.0 Å². The van der Waals surface area contributed by atoms with Gasteiger partial charge in [-0.2, -0.15) is 13.2 Å². The van der Waals surface area contributed by atoms with Gasteiger partial charge in [-0.3, -0.25) is 4.99 Å². The Labute approximate surface area is 189 Å². The molecule has 1 aliphatic rings. The molecule has 1 fully saturated rings. The fraction of sp³-hybridized carbons (Fsp3) is 0.667. The van der Waals surface area contributed by atoms with E-state index in [4.69, 9.17) is 9.73 Å². The van der Waals surface area contributed by atoms with Gasteiger partial charge in [0.1, 0.15) is 0 Å². The Morgan fingerprint density at radius 1 is 1.34 bits per heavy atom. The monoisotopic (exact) mass is 527 g/mol. The van der Waals surface area contributed by atoms with Crippen molar-refractivity contribution in [3.63, 3.8) is 0 Å². The Hall–Kier alpha value is -1.03. The molecule has 0 amide bonds. The van der Waals surface area contributed by atoms with Crippen LogP contribution in [0.15, 0.2) is 29.3 Å². The van der Waals surface area contributed by atoms with E-state index < -0.39 is 11.7 Å². The first-order chi connectivity index (χ1) is 13.3. The van der Waals surface area contributed by atoms with Crippen LogP contribution < -0.4 is 5.32 Å². The molecular formula is C21H33F3IN3O. The van der Waals surface area contributed by atoms with E-state index in [9.17, 15) is 13.2 Å². The Balaban J connectivity index is 0.00000420. The topological polar surface area (TPSA) is 36.9 Å². The number of benzene rings is 1. The predicted molar refractivity (Wildman–Crippen MR) is 122 cm³/mol. The molecule has 0 saturated carbocycles. The van der Waals surface area contributed by atoms with Crippen LogP contribution in [0.2, 0.25) is 0 Å². The smallest absolute Gasteiger partial charge is 0.381 e. The van der Waals surface area contributed by atoms with Gasteiger partial charge in [0.15, 0.2) is 5.96 Å². The first-order valence-corrected chi connectivity index (χ1v) is 10.1. The van der Waals surface area contributed by atoms with Gasteiger partial charge in [0.05, 0.1) is 12.2 Å². The van der Waals surface area contributed by atoms with E-state index in [0.717, 1.165) is 51.3 Å². The summed E-state index contributed by atoms with van der Waals surface area (Å²) in [4.78, 5) is 6.97. The second kappa shape index (κ2) is 12.6. The van der Waals surface area contributed by atoms with Crippen LogP contribution in [-0.2, 0) is 10.9 Å². The highest BCUT2D eigenvalue weighted by atomic mass is 127. The summed E-state index contributed by atoms with van der Waals surface area (Å²) in [5, 5.41) is 3.33. The highest BCUT2D eigenvalue weighted by Gasteiger charge is 2.30. The van der Waals surface area contributed by atoms with Crippen molar-refractivity contribution in [2.24, 2.45) is 10.9 Å². The number of nitrogens with zero attached hydrogens (tertiary/aromatic N) is 2. The van der Waals surface area contributed by atoms with E-state index in [0.29, 0.717) is 24.4 Å². The number of aliphatic imine (C=N–C) groups is 1. The second-order valence-corrected chi connectivity index (χ2v) is 7.31. The van der Waals surface area contributed by atoms with Crippen molar-refractivity contribution in [3.05, 3.63) is 35.4 Å². The van der Waals surface area contributed by atoms with Gasteiger partial charge in [-0.05, 0) is 44.2 Å². The van der Waals surface area contributed by atoms with Crippen LogP contribution in [0.1, 0.15) is 50.7 Å². The van der Waals surface area contributed by atoms with Gasteiger partial charge in [0, 0.05) is 38.7 Å². The molecule has 2 unspecified atom stereocenters. The van der Waals surface area contributed by atoms with E-state index in [2.05, 4.69) is 10.2 Å². The molecular weight excluding hydrogens is 494 g/mol. The Kier molecular flexibility index (Phi) is 11.3. The van der Waals surface area contributed by atoms with Gasteiger partial charge in [-0.25, -0.2) is 0 Å². The third kappa shape index (κ3) is 8.32. The predicted octanol–water partition coefficient (Wildman–Crippen LogP) is 5.14. The number of hydrogen-bond donors (Lipinski definition) is 1. The maximum Gasteiger partial charge on any atom is 0.416 e. The average molecular weight is 527 g/mol. The molecule has 0 aromatic heterocycles. The number of guanidine groups is 1. The highest BCUT2D eigenvalue weighted by molar-refractivity contribution is 14.0. The number of nitrogens with one attached hydrogen (secondary N) is 1. The van der Waals surface area contributed by atoms with E-state index in [1.165, 1.54) is 12.1 Å². The summed E-state index contributed by atoms with van der Waals surface area (Å²) in [5.41, 5.74) is 0.110. The van der Waals surface area contributed by atoms with Crippen LogP contribution in [-0.4, -0.2) is 50.3 Å². The van der Waals surface area contributed by atoms with Crippen molar-refractivity contribution < 1.29 is 17.9 Å². The van der Waals surface area contributed by atoms with E-state index in [1.54, 1.807) is 6.07 Å². The number of hydrogen-bond acceptors (Lipinski definition) is 2. The standard InChI is InChI=1S/C21H32F3N3O.HI/c1-4-25-20(27-12-10-17(14-27)15-28-5-2)26-11-9-16(3)18-7-6-8-19(13-18)21(22,23)24;/h6-8,13,16-17H,4-5,9-12,14-15H2,1-3H3,(H,25,26);1H. The van der Waals surface area contributed by atoms with Crippen molar-refractivity contribution in [1.29, 1.82) is 0 Å². The summed E-state index contributed by atoms with van der Waals surface area (Å²) in [6.45, 7) is 10.7. The van der Waals surface area contributed by atoms with Crippen LogP contribution in [0.3, 0.4) is 0 Å². The largest absolute Gasteiger partial charge is 0.416 e. The summed E-state index contributed by atoms with van der Waals surface area (Å²) in [6, 6.07) is 5.60. The molecule has 0 bridgehead atoms. The normalized spacial score (nSPS) is 18.5. The lowest BCUT2D eigenvalue weighted by atomic mass is 9.96. The fourth-order valence-electron chi connectivity index (χ4n) is 3.42. The molecule has 0 aliphatic carbocycles. The first-order valence-electron chi connectivity index (χ1n) is 10.1. The Morgan fingerprint density at radius 2 is 2.10 bits per heavy atom. The summed E-state index contributed by atoms with van der Waals surface area (Å²) in [7, 11) is 0. The van der Waals surface area contributed by atoms with Crippen LogP contribution in [0.25, 0.3) is 0 Å². The first kappa shape index (κ1) is 26.0. The van der Waals surface area contributed by atoms with Crippen molar-refractivity contribution in [2.75, 3.05) is 39.4 Å². The highest BCUT2D eigenvalue weighted by Crippen LogP contribution is 2.31. The van der Waals surface area contributed by atoms with Gasteiger partial charge < -0.3 is 15.0 Å². The van der Waals surface area contributed by atoms with Crippen molar-refractivity contribution in [3.8, 4) is 0 Å². The van der Waals surface area contributed by atoms with Gasteiger partial charge >= 0.3 is 6.18 Å². The molecule has 166 valence electrons. The minimum absolute atomic E-state index is 0. The van der Waals surface area contributed by atoms with Gasteiger partial charge in [-0.1, -0.05) is 25.1 Å². The molecule has 0 radical (unpaired) electrons. The zero-order valence-corrected chi connectivity index (χ0v) is 19.8. The Morgan fingerprint density at radius 3 is 2.76 bits per heavy atom. The van der Waals surface area contributed by atoms with Crippen LogP contribution in [0.5, 0.6) is 0 Å². The molecule has 0 spiro atoms. The summed E-state index contributed by atoms with van der Waals surface area (Å²) >= 11 is 0. The number of ether oxygens (including phenoxy) is 1. The molecule has 2 atom stereocenters. The SMILES string of the molecule is CCNC(=NCCC(C)c1cccc(C(F)(F)F)c1)N1CCC(COCC)C1.I. The zero-order chi connectivity index (χ0) is 20.6. The maximum atomic E-state index is 12.9. The fourth-order valence-corrected chi connectivity index (χ4v) is 3.42. The minimum Gasteiger partial charge on any atom is -0.381 e. The molecule has 1 aliphatic heterocycles. The van der Waals surface area contributed by atoms with Crippen molar-refractivity contribution in [2.45, 2.75) is 45.7 Å². The molecule has 2 rings (SSSR count). The van der Waals surface area contributed by atoms with Gasteiger partial charge in [0.2, 0.25) is 0 Å². The second-order valence-electron chi connectivity index (χ2n) is 7.31. The maximum absolute atomic E-state index is 12.9. The van der Waals surface area contributed by atoms with Crippen molar-refractivity contribution >= 4 is 29.9 Å². The summed E-state index contributed by atoms with van der Waals surface area (Å²) in [6.07, 6.45) is -2.52. The van der Waals surface area contributed by atoms with Gasteiger partial charge in [-0.15, -0.1) is 24.0 Å². The number of halogens is 4. The Bertz CT molecular complexity index is 640. The third-order valence-corrected chi connectivity index (χ3v) is 5.08. The molecule has 1 N–H and O–H groups in total. The molecule has 1 aromatic carbocycles. The summed E-state index contributed by atoms with van der Waals surface area (Å²) < 4.78 is 44.3. The summed E-state index contributed by atoms with van der Waals surface area (Å²) in [5.74, 6) is 1.42. The lowest BCUT2D eigenvalue weighted by Gasteiger charge is -2.22. The van der Waals surface area contributed by atoms with Crippen LogP contribution in [0, 0.1) is 5.92 Å². The van der Waals surface area contributed by atoms with E-state index in [-0.39, 0.29) is 29.9 Å². The number of likely N-dealkylation sites (tertiary alicyclic amines) is 1. The van der Waals surface area contributed by atoms with Crippen LogP contribution in [0.4, 0.5) is 13.2 Å². The minimum atomic E-state index is -4.31. The van der Waals surface area contributed by atoms with Gasteiger partial charge in [0.25, 0.3) is 0 Å². The molecule has 29 heavy (non-hydrogen) atoms. The molecule has 8 heteroatoms. The zero-order valence-electron chi connectivity index (χ0n) is 17.5. The number of alkyl halides is 3. The molecule has 1 heterocycles. The molecule has 1 aromatic rings. The molecule has 1 saturated heterocycles. The van der Waals surface area contributed by atoms with E-state index in [1.807, 2.05) is 20.8 Å². The third-order valence-electron chi connectivity index (χ3n) is 5.08. The average Bonchev–Trinajstić information content (AvgIpc) is 3.14. The quantitative estimate of drug-likeness (QED) is 0.289. The lowest BCUT2D eigenvalue weighted by molar-refractivity contribution is -0.137. The molecule has 4 nitrogen and oxygen atoms in total. The number of rotatable bonds is 8. The van der Waals surface area contributed by atoms with Crippen molar-refractivity contribution in [1.82, 2.24) is 10.2 Å².